The first-order valence-electron chi connectivity index (χ1n) is 6.13. The fourth-order valence-electron chi connectivity index (χ4n) is 2.11. The van der Waals surface area contributed by atoms with Crippen LogP contribution in [-0.2, 0) is 0 Å². The van der Waals surface area contributed by atoms with Gasteiger partial charge in [0.2, 0.25) is 0 Å². The van der Waals surface area contributed by atoms with E-state index in [4.69, 9.17) is 0 Å². The van der Waals surface area contributed by atoms with Crippen molar-refractivity contribution in [2.75, 3.05) is 0 Å². The molecule has 92 valence electrons. The molecule has 0 radical (unpaired) electrons. The molecule has 1 aromatic heterocycles. The molecule has 2 heteroatoms. The minimum absolute atomic E-state index is 0.295. The molecule has 0 unspecified atom stereocenters. The first-order valence-corrected chi connectivity index (χ1v) is 6.13. The van der Waals surface area contributed by atoms with Gasteiger partial charge in [-0.1, -0.05) is 42.5 Å². The van der Waals surface area contributed by atoms with Crippen molar-refractivity contribution >= 4 is 22.9 Å². The average molecular weight is 247 g/mol. The van der Waals surface area contributed by atoms with Crippen LogP contribution in [0.1, 0.15) is 11.1 Å². The molecule has 0 fully saturated rings. The third-order valence-corrected chi connectivity index (χ3v) is 3.10. The van der Waals surface area contributed by atoms with Gasteiger partial charge in [0.1, 0.15) is 5.75 Å². The quantitative estimate of drug-likeness (QED) is 0.739. The second-order valence-corrected chi connectivity index (χ2v) is 4.33. The highest BCUT2D eigenvalue weighted by Gasteiger charge is 2.03. The molecule has 0 saturated heterocycles. The Morgan fingerprint density at radius 2 is 1.63 bits per heavy atom. The SMILES string of the molecule is Oc1ccc2ccccc2c1C=Cc1ccncc1. The minimum Gasteiger partial charge on any atom is -0.507 e. The van der Waals surface area contributed by atoms with Crippen molar-refractivity contribution in [3.63, 3.8) is 0 Å². The zero-order valence-electron chi connectivity index (χ0n) is 10.3. The molecule has 0 aliphatic heterocycles. The molecule has 0 amide bonds. The molecule has 0 aliphatic carbocycles. The fraction of sp³-hybridized carbons (Fsp3) is 0. The number of aromatic nitrogens is 1. The van der Waals surface area contributed by atoms with Crippen molar-refractivity contribution < 1.29 is 5.11 Å². The van der Waals surface area contributed by atoms with Gasteiger partial charge in [-0.25, -0.2) is 0 Å². The maximum absolute atomic E-state index is 10.0. The van der Waals surface area contributed by atoms with Crippen LogP contribution < -0.4 is 0 Å². The summed E-state index contributed by atoms with van der Waals surface area (Å²) in [7, 11) is 0. The smallest absolute Gasteiger partial charge is 0.123 e. The Balaban J connectivity index is 2.10. The molecule has 3 aromatic rings. The van der Waals surface area contributed by atoms with Crippen molar-refractivity contribution in [1.82, 2.24) is 4.98 Å². The molecule has 0 atom stereocenters. The molecule has 1 N–H and O–H groups in total. The molecule has 2 nitrogen and oxygen atoms in total. The lowest BCUT2D eigenvalue weighted by molar-refractivity contribution is 0.475. The molecule has 2 aromatic carbocycles. The lowest BCUT2D eigenvalue weighted by Gasteiger charge is -2.05. The summed E-state index contributed by atoms with van der Waals surface area (Å²) < 4.78 is 0. The number of benzene rings is 2. The Hall–Kier alpha value is -2.61. The van der Waals surface area contributed by atoms with Crippen LogP contribution >= 0.6 is 0 Å². The van der Waals surface area contributed by atoms with Crippen LogP contribution in [0.4, 0.5) is 0 Å². The fourth-order valence-corrected chi connectivity index (χ4v) is 2.11. The highest BCUT2D eigenvalue weighted by molar-refractivity contribution is 5.95. The van der Waals surface area contributed by atoms with E-state index in [1.807, 2.05) is 54.6 Å². The number of phenolic OH excluding ortho intramolecular Hbond substituents is 1. The molecule has 0 aliphatic rings. The predicted octanol–water partition coefficient (Wildman–Crippen LogP) is 4.11. The average Bonchev–Trinajstić information content (AvgIpc) is 2.47. The Kier molecular flexibility index (Phi) is 2.99. The summed E-state index contributed by atoms with van der Waals surface area (Å²) in [5, 5.41) is 12.2. The van der Waals surface area contributed by atoms with Gasteiger partial charge in [0.05, 0.1) is 0 Å². The van der Waals surface area contributed by atoms with Crippen molar-refractivity contribution in [2.24, 2.45) is 0 Å². The number of fused-ring (bicyclic) bond motifs is 1. The Morgan fingerprint density at radius 3 is 2.47 bits per heavy atom. The van der Waals surface area contributed by atoms with Crippen molar-refractivity contribution in [1.29, 1.82) is 0 Å². The molecule has 3 rings (SSSR count). The third kappa shape index (κ3) is 2.33. The number of phenols is 1. The van der Waals surface area contributed by atoms with Gasteiger partial charge in [0.15, 0.2) is 0 Å². The normalized spacial score (nSPS) is 11.2. The van der Waals surface area contributed by atoms with Crippen LogP contribution in [0.5, 0.6) is 5.75 Å². The van der Waals surface area contributed by atoms with Gasteiger partial charge in [0, 0.05) is 18.0 Å². The first-order chi connectivity index (χ1) is 9.34. The molecule has 0 spiro atoms. The van der Waals surface area contributed by atoms with Crippen LogP contribution in [0.3, 0.4) is 0 Å². The van der Waals surface area contributed by atoms with Crippen LogP contribution in [-0.4, -0.2) is 10.1 Å². The van der Waals surface area contributed by atoms with E-state index in [2.05, 4.69) is 4.98 Å². The summed E-state index contributed by atoms with van der Waals surface area (Å²) in [4.78, 5) is 3.98. The monoisotopic (exact) mass is 247 g/mol. The van der Waals surface area contributed by atoms with E-state index < -0.39 is 0 Å². The van der Waals surface area contributed by atoms with E-state index in [-0.39, 0.29) is 0 Å². The summed E-state index contributed by atoms with van der Waals surface area (Å²) in [6, 6.07) is 15.5. The molecule has 0 bridgehead atoms. The number of nitrogens with zero attached hydrogens (tertiary/aromatic N) is 1. The zero-order valence-corrected chi connectivity index (χ0v) is 10.3. The van der Waals surface area contributed by atoms with Gasteiger partial charge in [-0.2, -0.15) is 0 Å². The number of aromatic hydroxyl groups is 1. The lowest BCUT2D eigenvalue weighted by Crippen LogP contribution is -1.80. The lowest BCUT2D eigenvalue weighted by atomic mass is 10.0. The third-order valence-electron chi connectivity index (χ3n) is 3.10. The summed E-state index contributed by atoms with van der Waals surface area (Å²) in [6.45, 7) is 0. The van der Waals surface area contributed by atoms with Gasteiger partial charge in [-0.05, 0) is 34.5 Å². The predicted molar refractivity (Wildman–Crippen MR) is 78.8 cm³/mol. The van der Waals surface area contributed by atoms with E-state index in [9.17, 15) is 5.11 Å². The molecule has 0 saturated carbocycles. The van der Waals surface area contributed by atoms with Gasteiger partial charge in [0.25, 0.3) is 0 Å². The summed E-state index contributed by atoms with van der Waals surface area (Å²) in [5.41, 5.74) is 1.90. The standard InChI is InChI=1S/C17H13NO/c19-17-8-6-14-3-1-2-4-15(14)16(17)7-5-13-9-11-18-12-10-13/h1-12,19H. The van der Waals surface area contributed by atoms with Crippen molar-refractivity contribution in [3.05, 3.63) is 72.1 Å². The number of rotatable bonds is 2. The summed E-state index contributed by atoms with van der Waals surface area (Å²) >= 11 is 0. The topological polar surface area (TPSA) is 33.1 Å². The number of hydrogen-bond donors (Lipinski definition) is 1. The second kappa shape index (κ2) is 4.94. The van der Waals surface area contributed by atoms with E-state index in [1.165, 1.54) is 0 Å². The van der Waals surface area contributed by atoms with Gasteiger partial charge >= 0.3 is 0 Å². The van der Waals surface area contributed by atoms with Crippen LogP contribution in [0.2, 0.25) is 0 Å². The maximum atomic E-state index is 10.0. The van der Waals surface area contributed by atoms with E-state index in [0.717, 1.165) is 21.9 Å². The molecular formula is C17H13NO. The Bertz CT molecular complexity index is 733. The highest BCUT2D eigenvalue weighted by atomic mass is 16.3. The molecule has 19 heavy (non-hydrogen) atoms. The van der Waals surface area contributed by atoms with E-state index in [1.54, 1.807) is 18.5 Å². The molecular weight excluding hydrogens is 234 g/mol. The first kappa shape index (κ1) is 11.5. The highest BCUT2D eigenvalue weighted by Crippen LogP contribution is 2.28. The number of pyridine rings is 1. The Morgan fingerprint density at radius 1 is 0.842 bits per heavy atom. The van der Waals surface area contributed by atoms with Crippen LogP contribution in [0.25, 0.3) is 22.9 Å². The van der Waals surface area contributed by atoms with Crippen molar-refractivity contribution in [3.8, 4) is 5.75 Å². The number of hydrogen-bond acceptors (Lipinski definition) is 2. The maximum Gasteiger partial charge on any atom is 0.123 e. The summed E-state index contributed by atoms with van der Waals surface area (Å²) in [6.07, 6.45) is 7.42. The molecule has 1 heterocycles. The second-order valence-electron chi connectivity index (χ2n) is 4.33. The van der Waals surface area contributed by atoms with Crippen LogP contribution in [0.15, 0.2) is 60.9 Å². The van der Waals surface area contributed by atoms with Gasteiger partial charge < -0.3 is 5.11 Å². The zero-order chi connectivity index (χ0) is 13.1. The van der Waals surface area contributed by atoms with Gasteiger partial charge in [-0.3, -0.25) is 4.98 Å². The van der Waals surface area contributed by atoms with Gasteiger partial charge in [-0.15, -0.1) is 0 Å². The largest absolute Gasteiger partial charge is 0.507 e. The van der Waals surface area contributed by atoms with Crippen molar-refractivity contribution in [2.45, 2.75) is 0 Å². The van der Waals surface area contributed by atoms with E-state index >= 15 is 0 Å². The minimum atomic E-state index is 0.295. The van der Waals surface area contributed by atoms with E-state index in [0.29, 0.717) is 5.75 Å². The Labute approximate surface area is 111 Å². The van der Waals surface area contributed by atoms with Crippen LogP contribution in [0, 0.1) is 0 Å². The summed E-state index contributed by atoms with van der Waals surface area (Å²) in [5.74, 6) is 0.295.